The molecule has 1 amide bonds. The van der Waals surface area contributed by atoms with Gasteiger partial charge >= 0.3 is 0 Å². The summed E-state index contributed by atoms with van der Waals surface area (Å²) in [5.41, 5.74) is 2.18. The van der Waals surface area contributed by atoms with Crippen LogP contribution >= 0.6 is 0 Å². The van der Waals surface area contributed by atoms with Crippen molar-refractivity contribution in [3.8, 4) is 0 Å². The molecule has 0 bridgehead atoms. The lowest BCUT2D eigenvalue weighted by Gasteiger charge is -2.24. The first-order chi connectivity index (χ1) is 5.75. The molecule has 1 aliphatic heterocycles. The number of carbonyl (C=O) groups excluding carboxylic acids is 2. The minimum absolute atomic E-state index is 0.100. The van der Waals surface area contributed by atoms with Crippen LogP contribution in [0.15, 0.2) is 11.3 Å². The van der Waals surface area contributed by atoms with Crippen LogP contribution in [-0.4, -0.2) is 11.7 Å². The maximum atomic E-state index is 11.1. The van der Waals surface area contributed by atoms with E-state index in [1.54, 1.807) is 0 Å². The maximum absolute atomic E-state index is 11.1. The van der Waals surface area contributed by atoms with Crippen molar-refractivity contribution >= 4 is 11.7 Å². The number of nitrogens with one attached hydrogen (secondary N) is 1. The molecule has 0 spiro atoms. The monoisotopic (exact) mass is 165 g/mol. The van der Waals surface area contributed by atoms with Crippen molar-refractivity contribution in [2.45, 2.75) is 32.1 Å². The van der Waals surface area contributed by atoms with Crippen LogP contribution in [-0.2, 0) is 9.59 Å². The third-order valence-corrected chi connectivity index (χ3v) is 2.44. The molecule has 0 aromatic heterocycles. The first-order valence-corrected chi connectivity index (χ1v) is 4.28. The van der Waals surface area contributed by atoms with E-state index in [4.69, 9.17) is 0 Å². The van der Waals surface area contributed by atoms with E-state index in [0.29, 0.717) is 25.0 Å². The second kappa shape index (κ2) is 2.73. The number of allylic oxidation sites excluding steroid dienone is 2. The van der Waals surface area contributed by atoms with Gasteiger partial charge in [0.15, 0.2) is 0 Å². The van der Waals surface area contributed by atoms with Crippen LogP contribution in [0.5, 0.6) is 0 Å². The molecular formula is C9H11NO2. The van der Waals surface area contributed by atoms with Gasteiger partial charge in [0.2, 0.25) is 5.91 Å². The Labute approximate surface area is 70.8 Å². The fraction of sp³-hybridized carbons (Fsp3) is 0.556. The molecule has 0 saturated heterocycles. The Kier molecular flexibility index (Phi) is 1.71. The van der Waals surface area contributed by atoms with Gasteiger partial charge in [-0.1, -0.05) is 0 Å². The highest BCUT2D eigenvalue weighted by atomic mass is 16.1. The van der Waals surface area contributed by atoms with Gasteiger partial charge in [0.1, 0.15) is 5.78 Å². The minimum Gasteiger partial charge on any atom is -0.330 e. The quantitative estimate of drug-likeness (QED) is 0.579. The largest absolute Gasteiger partial charge is 0.330 e. The highest BCUT2D eigenvalue weighted by Gasteiger charge is 2.23. The van der Waals surface area contributed by atoms with Crippen LogP contribution in [0, 0.1) is 0 Å². The summed E-state index contributed by atoms with van der Waals surface area (Å²) in [5, 5.41) is 2.83. The number of carbonyl (C=O) groups is 2. The zero-order valence-electron chi connectivity index (χ0n) is 6.85. The standard InChI is InChI=1S/C9H11NO2/c11-7-2-3-8-6(5-7)1-4-9(12)10-8/h1-5H2,(H,10,12). The van der Waals surface area contributed by atoms with E-state index in [0.717, 1.165) is 24.1 Å². The molecule has 2 aliphatic rings. The predicted molar refractivity (Wildman–Crippen MR) is 43.3 cm³/mol. The second-order valence-corrected chi connectivity index (χ2v) is 3.35. The summed E-state index contributed by atoms with van der Waals surface area (Å²) >= 11 is 0. The summed E-state index contributed by atoms with van der Waals surface area (Å²) in [7, 11) is 0. The second-order valence-electron chi connectivity index (χ2n) is 3.35. The molecule has 0 aromatic rings. The molecule has 64 valence electrons. The van der Waals surface area contributed by atoms with Crippen LogP contribution in [0.4, 0.5) is 0 Å². The summed E-state index contributed by atoms with van der Waals surface area (Å²) in [6.45, 7) is 0. The van der Waals surface area contributed by atoms with Crippen molar-refractivity contribution in [3.63, 3.8) is 0 Å². The highest BCUT2D eigenvalue weighted by molar-refractivity contribution is 5.86. The lowest BCUT2D eigenvalue weighted by atomic mass is 9.90. The fourth-order valence-electron chi connectivity index (χ4n) is 1.76. The highest BCUT2D eigenvalue weighted by Crippen LogP contribution is 2.26. The molecule has 0 aromatic carbocycles. The van der Waals surface area contributed by atoms with Gasteiger partial charge in [0, 0.05) is 25.0 Å². The minimum atomic E-state index is 0.100. The van der Waals surface area contributed by atoms with Gasteiger partial charge in [0.05, 0.1) is 0 Å². The Bertz CT molecular complexity index is 250. The van der Waals surface area contributed by atoms with Gasteiger partial charge in [-0.2, -0.15) is 0 Å². The summed E-state index contributed by atoms with van der Waals surface area (Å²) in [6, 6.07) is 0. The molecule has 1 aliphatic carbocycles. The van der Waals surface area contributed by atoms with Crippen molar-refractivity contribution in [2.24, 2.45) is 0 Å². The zero-order valence-corrected chi connectivity index (χ0v) is 6.85. The van der Waals surface area contributed by atoms with Crippen molar-refractivity contribution in [2.75, 3.05) is 0 Å². The first-order valence-electron chi connectivity index (χ1n) is 4.28. The lowest BCUT2D eigenvalue weighted by molar-refractivity contribution is -0.122. The molecule has 1 N–H and O–H groups in total. The number of hydrogen-bond donors (Lipinski definition) is 1. The van der Waals surface area contributed by atoms with E-state index >= 15 is 0 Å². The van der Waals surface area contributed by atoms with Gasteiger partial charge in [-0.15, -0.1) is 0 Å². The van der Waals surface area contributed by atoms with E-state index in [9.17, 15) is 9.59 Å². The number of rotatable bonds is 0. The van der Waals surface area contributed by atoms with E-state index in [2.05, 4.69) is 5.32 Å². The molecule has 3 heteroatoms. The molecule has 0 atom stereocenters. The van der Waals surface area contributed by atoms with E-state index < -0.39 is 0 Å². The van der Waals surface area contributed by atoms with Gasteiger partial charge in [-0.3, -0.25) is 9.59 Å². The molecule has 0 saturated carbocycles. The fourth-order valence-corrected chi connectivity index (χ4v) is 1.76. The Morgan fingerprint density at radius 3 is 2.67 bits per heavy atom. The molecule has 0 unspecified atom stereocenters. The molecule has 1 heterocycles. The van der Waals surface area contributed by atoms with E-state index in [1.165, 1.54) is 0 Å². The summed E-state index contributed by atoms with van der Waals surface area (Å²) in [5.74, 6) is 0.410. The van der Waals surface area contributed by atoms with Gasteiger partial charge in [0.25, 0.3) is 0 Å². The van der Waals surface area contributed by atoms with Crippen molar-refractivity contribution in [1.29, 1.82) is 0 Å². The number of amides is 1. The SMILES string of the molecule is O=C1CCC2=C(CCC(=O)N2)C1. The Morgan fingerprint density at radius 1 is 1.00 bits per heavy atom. The molecule has 2 rings (SSSR count). The third kappa shape index (κ3) is 1.26. The van der Waals surface area contributed by atoms with Crippen LogP contribution < -0.4 is 5.32 Å². The Balaban J connectivity index is 2.21. The zero-order chi connectivity index (χ0) is 8.55. The maximum Gasteiger partial charge on any atom is 0.224 e. The normalized spacial score (nSPS) is 23.7. The van der Waals surface area contributed by atoms with Crippen molar-refractivity contribution < 1.29 is 9.59 Å². The van der Waals surface area contributed by atoms with Crippen LogP contribution in [0.25, 0.3) is 0 Å². The van der Waals surface area contributed by atoms with Crippen LogP contribution in [0.3, 0.4) is 0 Å². The summed E-state index contributed by atoms with van der Waals surface area (Å²) < 4.78 is 0. The van der Waals surface area contributed by atoms with Crippen molar-refractivity contribution in [1.82, 2.24) is 5.32 Å². The number of hydrogen-bond acceptors (Lipinski definition) is 2. The summed E-state index contributed by atoms with van der Waals surface area (Å²) in [4.78, 5) is 22.0. The average molecular weight is 165 g/mol. The average Bonchev–Trinajstić information content (AvgIpc) is 2.05. The van der Waals surface area contributed by atoms with Crippen LogP contribution in [0.2, 0.25) is 0 Å². The van der Waals surface area contributed by atoms with E-state index in [1.807, 2.05) is 0 Å². The molecular weight excluding hydrogens is 154 g/mol. The van der Waals surface area contributed by atoms with Gasteiger partial charge in [-0.05, 0) is 18.4 Å². The molecule has 12 heavy (non-hydrogen) atoms. The smallest absolute Gasteiger partial charge is 0.224 e. The molecule has 3 nitrogen and oxygen atoms in total. The third-order valence-electron chi connectivity index (χ3n) is 2.44. The Morgan fingerprint density at radius 2 is 1.83 bits per heavy atom. The lowest BCUT2D eigenvalue weighted by Crippen LogP contribution is -2.31. The molecule has 0 radical (unpaired) electrons. The number of Topliss-reactive ketones (excluding diaryl/α,β-unsaturated/α-hetero) is 1. The first kappa shape index (κ1) is 7.53. The molecule has 0 fully saturated rings. The summed E-state index contributed by atoms with van der Waals surface area (Å²) in [6.07, 6.45) is 3.23. The van der Waals surface area contributed by atoms with E-state index in [-0.39, 0.29) is 5.91 Å². The van der Waals surface area contributed by atoms with Crippen molar-refractivity contribution in [3.05, 3.63) is 11.3 Å². The predicted octanol–water partition coefficient (Wildman–Crippen LogP) is 0.903. The van der Waals surface area contributed by atoms with Gasteiger partial charge < -0.3 is 5.32 Å². The van der Waals surface area contributed by atoms with Crippen LogP contribution in [0.1, 0.15) is 32.1 Å². The van der Waals surface area contributed by atoms with Gasteiger partial charge in [-0.25, -0.2) is 0 Å². The Hall–Kier alpha value is -1.12. The number of ketones is 1. The topological polar surface area (TPSA) is 46.2 Å².